The summed E-state index contributed by atoms with van der Waals surface area (Å²) in [5.74, 6) is 0.000935. The number of amides is 1. The molecule has 7 heteroatoms. The van der Waals surface area contributed by atoms with Crippen LogP contribution in [-0.2, 0) is 6.54 Å². The first-order valence-corrected chi connectivity index (χ1v) is 9.49. The van der Waals surface area contributed by atoms with Gasteiger partial charge < -0.3 is 10.2 Å². The number of thiophene rings is 1. The second-order valence-electron chi connectivity index (χ2n) is 6.44. The number of benzene rings is 1. The summed E-state index contributed by atoms with van der Waals surface area (Å²) >= 11 is 1.32. The van der Waals surface area contributed by atoms with Crippen LogP contribution in [-0.4, -0.2) is 46.5 Å². The lowest BCUT2D eigenvalue weighted by molar-refractivity contribution is 0.0740. The van der Waals surface area contributed by atoms with Crippen LogP contribution in [0.5, 0.6) is 0 Å². The smallest absolute Gasteiger partial charge is 0.264 e. The predicted molar refractivity (Wildman–Crippen MR) is 103 cm³/mol. The summed E-state index contributed by atoms with van der Waals surface area (Å²) in [4.78, 5) is 33.4. The highest BCUT2D eigenvalue weighted by Gasteiger charge is 2.24. The Hall–Kier alpha value is -2.51. The summed E-state index contributed by atoms with van der Waals surface area (Å²) in [5.41, 5.74) is 1.70. The van der Waals surface area contributed by atoms with Crippen molar-refractivity contribution in [1.82, 2.24) is 19.8 Å². The first-order valence-electron chi connectivity index (χ1n) is 8.67. The number of rotatable bonds is 3. The van der Waals surface area contributed by atoms with E-state index in [0.29, 0.717) is 34.7 Å². The molecular formula is C19H20N4O2S. The minimum atomic E-state index is -0.0908. The van der Waals surface area contributed by atoms with E-state index in [2.05, 4.69) is 10.3 Å². The second kappa shape index (κ2) is 7.01. The molecule has 134 valence electrons. The zero-order valence-electron chi connectivity index (χ0n) is 14.6. The van der Waals surface area contributed by atoms with Crippen LogP contribution in [0.1, 0.15) is 20.8 Å². The summed E-state index contributed by atoms with van der Waals surface area (Å²) < 4.78 is 1.61. The molecular weight excluding hydrogens is 348 g/mol. The van der Waals surface area contributed by atoms with Crippen molar-refractivity contribution in [2.45, 2.75) is 13.5 Å². The van der Waals surface area contributed by atoms with Gasteiger partial charge in [-0.3, -0.25) is 14.2 Å². The van der Waals surface area contributed by atoms with Gasteiger partial charge in [-0.1, -0.05) is 30.3 Å². The molecule has 2 aromatic heterocycles. The highest BCUT2D eigenvalue weighted by Crippen LogP contribution is 2.28. The van der Waals surface area contributed by atoms with Crippen LogP contribution in [0.4, 0.5) is 0 Å². The van der Waals surface area contributed by atoms with Crippen molar-refractivity contribution < 1.29 is 4.79 Å². The Morgan fingerprint density at radius 1 is 1.23 bits per heavy atom. The van der Waals surface area contributed by atoms with Gasteiger partial charge in [-0.25, -0.2) is 4.98 Å². The zero-order chi connectivity index (χ0) is 18.1. The first kappa shape index (κ1) is 16.9. The number of nitrogens with one attached hydrogen (secondary N) is 1. The van der Waals surface area contributed by atoms with Gasteiger partial charge in [0, 0.05) is 26.2 Å². The number of piperazine rings is 1. The molecule has 1 amide bonds. The maximum absolute atomic E-state index is 13.0. The van der Waals surface area contributed by atoms with E-state index in [1.54, 1.807) is 10.9 Å². The van der Waals surface area contributed by atoms with E-state index in [-0.39, 0.29) is 11.5 Å². The number of carbonyl (C=O) groups is 1. The van der Waals surface area contributed by atoms with Gasteiger partial charge in [0.2, 0.25) is 0 Å². The number of aromatic nitrogens is 2. The monoisotopic (exact) mass is 368 g/mol. The van der Waals surface area contributed by atoms with Gasteiger partial charge in [0.25, 0.3) is 11.5 Å². The van der Waals surface area contributed by atoms with Crippen molar-refractivity contribution in [2.24, 2.45) is 0 Å². The summed E-state index contributed by atoms with van der Waals surface area (Å²) in [6.07, 6.45) is 1.58. The summed E-state index contributed by atoms with van der Waals surface area (Å²) in [6, 6.07) is 9.82. The highest BCUT2D eigenvalue weighted by molar-refractivity contribution is 7.20. The maximum atomic E-state index is 13.0. The van der Waals surface area contributed by atoms with Gasteiger partial charge in [0.05, 0.1) is 23.1 Å². The number of hydrogen-bond acceptors (Lipinski definition) is 5. The van der Waals surface area contributed by atoms with E-state index in [0.717, 1.165) is 24.2 Å². The maximum Gasteiger partial charge on any atom is 0.264 e. The average molecular weight is 368 g/mol. The molecule has 1 fully saturated rings. The summed E-state index contributed by atoms with van der Waals surface area (Å²) in [6.45, 7) is 5.31. The van der Waals surface area contributed by atoms with Gasteiger partial charge >= 0.3 is 0 Å². The molecule has 3 heterocycles. The SMILES string of the molecule is Cc1c(C(=O)N2CCNCC2)sc2ncn(Cc3ccccc3)c(=O)c12. The molecule has 0 aliphatic carbocycles. The van der Waals surface area contributed by atoms with Crippen LogP contribution in [0.25, 0.3) is 10.2 Å². The third kappa shape index (κ3) is 3.04. The highest BCUT2D eigenvalue weighted by atomic mass is 32.1. The minimum absolute atomic E-state index is 0.000935. The van der Waals surface area contributed by atoms with Crippen LogP contribution in [0.2, 0.25) is 0 Å². The van der Waals surface area contributed by atoms with E-state index < -0.39 is 0 Å². The molecule has 1 aliphatic heterocycles. The van der Waals surface area contributed by atoms with Gasteiger partial charge in [-0.15, -0.1) is 11.3 Å². The molecule has 3 aromatic rings. The van der Waals surface area contributed by atoms with Crippen LogP contribution >= 0.6 is 11.3 Å². The Bertz CT molecular complexity index is 1000. The molecule has 26 heavy (non-hydrogen) atoms. The van der Waals surface area contributed by atoms with Crippen molar-refractivity contribution in [3.63, 3.8) is 0 Å². The quantitative estimate of drug-likeness (QED) is 0.766. The molecule has 0 unspecified atom stereocenters. The average Bonchev–Trinajstić information content (AvgIpc) is 3.02. The Morgan fingerprint density at radius 3 is 2.69 bits per heavy atom. The lowest BCUT2D eigenvalue weighted by atomic mass is 10.2. The normalized spacial score (nSPS) is 14.7. The first-order chi connectivity index (χ1) is 12.6. The molecule has 0 atom stereocenters. The largest absolute Gasteiger partial charge is 0.335 e. The lowest BCUT2D eigenvalue weighted by Gasteiger charge is -2.27. The molecule has 6 nitrogen and oxygen atoms in total. The van der Waals surface area contributed by atoms with Crippen molar-refractivity contribution >= 4 is 27.5 Å². The van der Waals surface area contributed by atoms with Crippen LogP contribution in [0, 0.1) is 6.92 Å². The van der Waals surface area contributed by atoms with Crippen molar-refractivity contribution in [2.75, 3.05) is 26.2 Å². The Labute approximate surface area is 155 Å². The zero-order valence-corrected chi connectivity index (χ0v) is 15.4. The third-order valence-corrected chi connectivity index (χ3v) is 5.90. The predicted octanol–water partition coefficient (Wildman–Crippen LogP) is 1.86. The molecule has 1 aliphatic rings. The van der Waals surface area contributed by atoms with E-state index >= 15 is 0 Å². The van der Waals surface area contributed by atoms with Gasteiger partial charge in [0.1, 0.15) is 4.83 Å². The number of carbonyl (C=O) groups excluding carboxylic acids is 1. The molecule has 1 saturated heterocycles. The Kier molecular flexibility index (Phi) is 4.57. The minimum Gasteiger partial charge on any atom is -0.335 e. The lowest BCUT2D eigenvalue weighted by Crippen LogP contribution is -2.46. The Morgan fingerprint density at radius 2 is 1.96 bits per heavy atom. The van der Waals surface area contributed by atoms with Crippen LogP contribution in [0.15, 0.2) is 41.5 Å². The third-order valence-electron chi connectivity index (χ3n) is 4.71. The molecule has 0 radical (unpaired) electrons. The number of nitrogens with zero attached hydrogens (tertiary/aromatic N) is 3. The van der Waals surface area contributed by atoms with E-state index in [9.17, 15) is 9.59 Å². The number of fused-ring (bicyclic) bond motifs is 1. The molecule has 1 aromatic carbocycles. The molecule has 0 spiro atoms. The van der Waals surface area contributed by atoms with Gasteiger partial charge in [0.15, 0.2) is 0 Å². The summed E-state index contributed by atoms with van der Waals surface area (Å²) in [5, 5.41) is 3.81. The second-order valence-corrected chi connectivity index (χ2v) is 7.44. The van der Waals surface area contributed by atoms with Gasteiger partial charge in [-0.05, 0) is 18.1 Å². The molecule has 4 rings (SSSR count). The van der Waals surface area contributed by atoms with Gasteiger partial charge in [-0.2, -0.15) is 0 Å². The van der Waals surface area contributed by atoms with E-state index in [1.807, 2.05) is 42.2 Å². The fourth-order valence-corrected chi connectivity index (χ4v) is 4.37. The summed E-state index contributed by atoms with van der Waals surface area (Å²) in [7, 11) is 0. The van der Waals surface area contributed by atoms with E-state index in [1.165, 1.54) is 11.3 Å². The molecule has 1 N–H and O–H groups in total. The van der Waals surface area contributed by atoms with Crippen molar-refractivity contribution in [3.8, 4) is 0 Å². The standard InChI is InChI=1S/C19H20N4O2S/c1-13-15-17(26-16(13)19(25)22-9-7-20-8-10-22)21-12-23(18(15)24)11-14-5-3-2-4-6-14/h2-6,12,20H,7-11H2,1H3. The topological polar surface area (TPSA) is 67.2 Å². The Balaban J connectivity index is 1.72. The van der Waals surface area contributed by atoms with Crippen molar-refractivity contribution in [3.05, 3.63) is 63.0 Å². The van der Waals surface area contributed by atoms with E-state index in [4.69, 9.17) is 0 Å². The van der Waals surface area contributed by atoms with Crippen LogP contribution in [0.3, 0.4) is 0 Å². The fraction of sp³-hybridized carbons (Fsp3) is 0.316. The fourth-order valence-electron chi connectivity index (χ4n) is 3.27. The molecule has 0 bridgehead atoms. The van der Waals surface area contributed by atoms with Crippen LogP contribution < -0.4 is 10.9 Å². The van der Waals surface area contributed by atoms with Crippen molar-refractivity contribution in [1.29, 1.82) is 0 Å². The number of aryl methyl sites for hydroxylation is 1. The molecule has 0 saturated carbocycles. The number of hydrogen-bond donors (Lipinski definition) is 1.